The smallest absolute Gasteiger partial charge is 0.0204 e. The molecule has 1 saturated heterocycles. The van der Waals surface area contributed by atoms with Gasteiger partial charge in [-0.25, -0.2) is 0 Å². The lowest BCUT2D eigenvalue weighted by molar-refractivity contribution is 0.364. The highest BCUT2D eigenvalue weighted by Gasteiger charge is 2.20. The summed E-state index contributed by atoms with van der Waals surface area (Å²) in [4.78, 5) is 2.44. The average Bonchev–Trinajstić information content (AvgIpc) is 2.26. The molecule has 1 atom stereocenters. The van der Waals surface area contributed by atoms with Crippen LogP contribution < -0.4 is 0 Å². The fourth-order valence-electron chi connectivity index (χ4n) is 1.70. The zero-order valence-corrected chi connectivity index (χ0v) is 7.77. The van der Waals surface area contributed by atoms with Crippen LogP contribution in [0.25, 0.3) is 0 Å². The number of nitrogens with zero attached hydrogens (tertiary/aromatic N) is 1. The first-order valence-corrected chi connectivity index (χ1v) is 4.66. The van der Waals surface area contributed by atoms with Crippen molar-refractivity contribution in [3.8, 4) is 0 Å². The molecule has 0 radical (unpaired) electrons. The van der Waals surface area contributed by atoms with E-state index in [-0.39, 0.29) is 0 Å². The van der Waals surface area contributed by atoms with Gasteiger partial charge in [0, 0.05) is 18.8 Å². The second kappa shape index (κ2) is 3.80. The Kier molecular flexibility index (Phi) is 2.98. The molecule has 0 aromatic heterocycles. The SMILES string of the molecule is C=C1CC(C)CN1CCCC. The fraction of sp³-hybridized carbons (Fsp3) is 0.800. The Morgan fingerprint density at radius 3 is 2.82 bits per heavy atom. The lowest BCUT2D eigenvalue weighted by Gasteiger charge is -2.18. The van der Waals surface area contributed by atoms with E-state index >= 15 is 0 Å². The van der Waals surface area contributed by atoms with E-state index < -0.39 is 0 Å². The van der Waals surface area contributed by atoms with Crippen LogP contribution in [0.15, 0.2) is 12.3 Å². The minimum atomic E-state index is 0.833. The molecule has 1 nitrogen and oxygen atoms in total. The van der Waals surface area contributed by atoms with Crippen LogP contribution in [0.4, 0.5) is 0 Å². The van der Waals surface area contributed by atoms with Crippen molar-refractivity contribution in [3.63, 3.8) is 0 Å². The molecule has 0 aromatic carbocycles. The number of allylic oxidation sites excluding steroid dienone is 1. The standard InChI is InChI=1S/C10H19N/c1-4-5-6-11-8-9(2)7-10(11)3/h9H,3-8H2,1-2H3. The van der Waals surface area contributed by atoms with Crippen LogP contribution in [0.3, 0.4) is 0 Å². The molecule has 0 amide bonds. The van der Waals surface area contributed by atoms with Gasteiger partial charge in [0.25, 0.3) is 0 Å². The first kappa shape index (κ1) is 8.63. The second-order valence-electron chi connectivity index (χ2n) is 3.68. The van der Waals surface area contributed by atoms with Gasteiger partial charge in [-0.05, 0) is 18.8 Å². The maximum atomic E-state index is 4.06. The van der Waals surface area contributed by atoms with E-state index in [1.54, 1.807) is 0 Å². The van der Waals surface area contributed by atoms with Crippen LogP contribution in [0.2, 0.25) is 0 Å². The van der Waals surface area contributed by atoms with Crippen LogP contribution >= 0.6 is 0 Å². The van der Waals surface area contributed by atoms with Crippen molar-refractivity contribution in [1.82, 2.24) is 4.90 Å². The summed E-state index contributed by atoms with van der Waals surface area (Å²) in [6, 6.07) is 0. The predicted octanol–water partition coefficient (Wildman–Crippen LogP) is 2.64. The average molecular weight is 153 g/mol. The molecule has 1 heteroatoms. The Labute approximate surface area is 70.1 Å². The Balaban J connectivity index is 2.29. The van der Waals surface area contributed by atoms with Crippen molar-refractivity contribution < 1.29 is 0 Å². The van der Waals surface area contributed by atoms with Crippen molar-refractivity contribution in [1.29, 1.82) is 0 Å². The molecule has 1 unspecified atom stereocenters. The van der Waals surface area contributed by atoms with Gasteiger partial charge in [0.15, 0.2) is 0 Å². The second-order valence-corrected chi connectivity index (χ2v) is 3.68. The summed E-state index contributed by atoms with van der Waals surface area (Å²) in [5, 5.41) is 0. The van der Waals surface area contributed by atoms with Gasteiger partial charge in [0.05, 0.1) is 0 Å². The lowest BCUT2D eigenvalue weighted by Crippen LogP contribution is -2.19. The Morgan fingerprint density at radius 2 is 2.36 bits per heavy atom. The summed E-state index contributed by atoms with van der Waals surface area (Å²) >= 11 is 0. The van der Waals surface area contributed by atoms with E-state index in [0.717, 1.165) is 5.92 Å². The first-order chi connectivity index (χ1) is 5.24. The summed E-state index contributed by atoms with van der Waals surface area (Å²) in [7, 11) is 0. The Hall–Kier alpha value is -0.460. The van der Waals surface area contributed by atoms with Gasteiger partial charge in [0.2, 0.25) is 0 Å². The zero-order valence-electron chi connectivity index (χ0n) is 7.77. The highest BCUT2D eigenvalue weighted by molar-refractivity contribution is 5.01. The van der Waals surface area contributed by atoms with Gasteiger partial charge in [-0.1, -0.05) is 26.8 Å². The van der Waals surface area contributed by atoms with E-state index in [4.69, 9.17) is 0 Å². The highest BCUT2D eigenvalue weighted by atomic mass is 15.2. The molecular formula is C10H19N. The van der Waals surface area contributed by atoms with Crippen molar-refractivity contribution in [2.45, 2.75) is 33.1 Å². The van der Waals surface area contributed by atoms with Gasteiger partial charge in [-0.2, -0.15) is 0 Å². The van der Waals surface area contributed by atoms with Crippen LogP contribution in [-0.2, 0) is 0 Å². The Morgan fingerprint density at radius 1 is 1.64 bits per heavy atom. The molecule has 0 N–H and O–H groups in total. The lowest BCUT2D eigenvalue weighted by atomic mass is 10.1. The molecule has 1 aliphatic heterocycles. The third-order valence-electron chi connectivity index (χ3n) is 2.34. The van der Waals surface area contributed by atoms with E-state index in [2.05, 4.69) is 25.3 Å². The molecule has 0 bridgehead atoms. The van der Waals surface area contributed by atoms with E-state index in [1.807, 2.05) is 0 Å². The normalized spacial score (nSPS) is 24.7. The third kappa shape index (κ3) is 2.25. The largest absolute Gasteiger partial charge is 0.375 e. The number of hydrogen-bond donors (Lipinski definition) is 0. The molecule has 1 heterocycles. The van der Waals surface area contributed by atoms with Crippen LogP contribution in [-0.4, -0.2) is 18.0 Å². The van der Waals surface area contributed by atoms with Gasteiger partial charge < -0.3 is 4.90 Å². The van der Waals surface area contributed by atoms with E-state index in [1.165, 1.54) is 38.0 Å². The molecule has 11 heavy (non-hydrogen) atoms. The molecule has 0 saturated carbocycles. The van der Waals surface area contributed by atoms with Crippen molar-refractivity contribution in [3.05, 3.63) is 12.3 Å². The maximum Gasteiger partial charge on any atom is 0.0204 e. The first-order valence-electron chi connectivity index (χ1n) is 4.66. The molecular weight excluding hydrogens is 134 g/mol. The summed E-state index contributed by atoms with van der Waals surface area (Å²) in [6.45, 7) is 11.1. The Bertz CT molecular complexity index is 140. The van der Waals surface area contributed by atoms with Gasteiger partial charge >= 0.3 is 0 Å². The van der Waals surface area contributed by atoms with Crippen molar-refractivity contribution in [2.24, 2.45) is 5.92 Å². The summed E-state index contributed by atoms with van der Waals surface area (Å²) in [5.74, 6) is 0.833. The molecule has 64 valence electrons. The van der Waals surface area contributed by atoms with Gasteiger partial charge in [-0.3, -0.25) is 0 Å². The van der Waals surface area contributed by atoms with E-state index in [0.29, 0.717) is 0 Å². The summed E-state index contributed by atoms with van der Waals surface area (Å²) in [5.41, 5.74) is 1.35. The molecule has 1 aliphatic rings. The maximum absolute atomic E-state index is 4.06. The van der Waals surface area contributed by atoms with Crippen molar-refractivity contribution >= 4 is 0 Å². The van der Waals surface area contributed by atoms with Gasteiger partial charge in [0.1, 0.15) is 0 Å². The summed E-state index contributed by atoms with van der Waals surface area (Å²) < 4.78 is 0. The number of rotatable bonds is 3. The van der Waals surface area contributed by atoms with Crippen LogP contribution in [0, 0.1) is 5.92 Å². The number of unbranched alkanes of at least 4 members (excludes halogenated alkanes) is 1. The minimum Gasteiger partial charge on any atom is -0.375 e. The zero-order chi connectivity index (χ0) is 8.27. The van der Waals surface area contributed by atoms with Crippen molar-refractivity contribution in [2.75, 3.05) is 13.1 Å². The predicted molar refractivity (Wildman–Crippen MR) is 49.4 cm³/mol. The van der Waals surface area contributed by atoms with E-state index in [9.17, 15) is 0 Å². The quantitative estimate of drug-likeness (QED) is 0.602. The molecule has 1 rings (SSSR count). The summed E-state index contributed by atoms with van der Waals surface area (Å²) in [6.07, 6.45) is 3.81. The van der Waals surface area contributed by atoms with Crippen LogP contribution in [0.5, 0.6) is 0 Å². The van der Waals surface area contributed by atoms with Crippen LogP contribution in [0.1, 0.15) is 33.1 Å². The number of likely N-dealkylation sites (tertiary alicyclic amines) is 1. The fourth-order valence-corrected chi connectivity index (χ4v) is 1.70. The highest BCUT2D eigenvalue weighted by Crippen LogP contribution is 2.24. The number of hydrogen-bond acceptors (Lipinski definition) is 1. The van der Waals surface area contributed by atoms with Gasteiger partial charge in [-0.15, -0.1) is 0 Å². The molecule has 1 fully saturated rings. The molecule has 0 aliphatic carbocycles. The molecule has 0 spiro atoms. The third-order valence-corrected chi connectivity index (χ3v) is 2.34. The topological polar surface area (TPSA) is 3.24 Å². The minimum absolute atomic E-state index is 0.833. The molecule has 0 aromatic rings. The monoisotopic (exact) mass is 153 g/mol.